The maximum atomic E-state index is 14.3. The number of hydrogen-bond acceptors (Lipinski definition) is 13. The summed E-state index contributed by atoms with van der Waals surface area (Å²) < 4.78 is 26.0. The number of hydrogen-bond donors (Lipinski definition) is 2. The number of carbonyl (C=O) groups is 3. The Kier molecular flexibility index (Phi) is 11.6. The van der Waals surface area contributed by atoms with E-state index in [9.17, 15) is 14.4 Å². The molecule has 6 aliphatic rings. The van der Waals surface area contributed by atoms with Crippen molar-refractivity contribution < 1.29 is 33.3 Å². The van der Waals surface area contributed by atoms with Gasteiger partial charge in [0.1, 0.15) is 12.1 Å². The van der Waals surface area contributed by atoms with Gasteiger partial charge in [-0.05, 0) is 68.7 Å². The number of piperazine rings is 1. The minimum absolute atomic E-state index is 0.125. The molecule has 1 aliphatic carbocycles. The number of methoxy groups -OCH3 is 1. The Morgan fingerprint density at radius 2 is 1.94 bits per heavy atom. The predicted octanol–water partition coefficient (Wildman–Crippen LogP) is 4.62. The lowest BCUT2D eigenvalue weighted by Gasteiger charge is -2.44. The van der Waals surface area contributed by atoms with Crippen molar-refractivity contribution in [3.05, 3.63) is 52.1 Å². The summed E-state index contributed by atoms with van der Waals surface area (Å²) in [6, 6.07) is 7.64. The normalized spacial score (nSPS) is 28.0. The summed E-state index contributed by atoms with van der Waals surface area (Å²) in [7, 11) is 1.73. The van der Waals surface area contributed by atoms with Gasteiger partial charge in [0.15, 0.2) is 0 Å². The number of ether oxygens (including phenoxy) is 4. The number of anilines is 1. The molecule has 1 saturated carbocycles. The third-order valence-corrected chi connectivity index (χ3v) is 15.1. The molecule has 4 aromatic rings. The lowest BCUT2D eigenvalue weighted by Crippen LogP contribution is -2.60. The molecule has 1 aromatic carbocycles. The number of fused-ring (bicyclic) bond motifs is 8. The first-order chi connectivity index (χ1) is 30.5. The molecule has 5 aliphatic heterocycles. The summed E-state index contributed by atoms with van der Waals surface area (Å²) in [5, 5.41) is 8.49. The molecule has 8 heterocycles. The van der Waals surface area contributed by atoms with Gasteiger partial charge in [0.05, 0.1) is 79.2 Å². The van der Waals surface area contributed by atoms with Gasteiger partial charge < -0.3 is 33.7 Å². The zero-order chi connectivity index (χ0) is 43.6. The summed E-state index contributed by atoms with van der Waals surface area (Å²) in [5.74, 6) is -0.552. The molecule has 0 spiro atoms. The lowest BCUT2D eigenvalue weighted by atomic mass is 9.84. The van der Waals surface area contributed by atoms with E-state index in [2.05, 4.69) is 70.1 Å². The van der Waals surface area contributed by atoms with Crippen LogP contribution in [0, 0.1) is 23.2 Å². The maximum absolute atomic E-state index is 14.3. The number of benzene rings is 1. The third-order valence-electron chi connectivity index (χ3n) is 14.3. The van der Waals surface area contributed by atoms with Gasteiger partial charge in [-0.15, -0.1) is 11.3 Å². The Balaban J connectivity index is 1.07. The predicted molar refractivity (Wildman–Crippen MR) is 239 cm³/mol. The number of nitrogens with zero attached hydrogens (tertiary/aromatic N) is 6. The van der Waals surface area contributed by atoms with Crippen molar-refractivity contribution in [3.8, 4) is 22.5 Å². The van der Waals surface area contributed by atoms with Crippen molar-refractivity contribution in [2.45, 2.75) is 84.2 Å². The summed E-state index contributed by atoms with van der Waals surface area (Å²) in [4.78, 5) is 57.1. The van der Waals surface area contributed by atoms with Gasteiger partial charge >= 0.3 is 5.97 Å². The second kappa shape index (κ2) is 17.2. The highest BCUT2D eigenvalue weighted by Gasteiger charge is 2.58. The Morgan fingerprint density at radius 1 is 1.10 bits per heavy atom. The van der Waals surface area contributed by atoms with Crippen LogP contribution >= 0.6 is 11.3 Å². The molecule has 7 atom stereocenters. The van der Waals surface area contributed by atoms with E-state index in [4.69, 9.17) is 28.9 Å². The van der Waals surface area contributed by atoms with Gasteiger partial charge in [-0.2, -0.15) is 0 Å². The van der Waals surface area contributed by atoms with Crippen molar-refractivity contribution >= 4 is 45.7 Å². The molecular formula is C47H60N8O7S. The van der Waals surface area contributed by atoms with Crippen LogP contribution in [0.2, 0.25) is 0 Å². The molecule has 63 heavy (non-hydrogen) atoms. The summed E-state index contributed by atoms with van der Waals surface area (Å²) in [5.41, 5.74) is 10.7. The molecule has 16 heteroatoms. The fraction of sp³-hybridized carbons (Fsp3) is 0.596. The molecule has 2 amide bonds. The number of hydrazine groups is 1. The minimum Gasteiger partial charge on any atom is -0.464 e. The van der Waals surface area contributed by atoms with Gasteiger partial charge in [0.25, 0.3) is 5.91 Å². The lowest BCUT2D eigenvalue weighted by molar-refractivity contribution is -0.155. The van der Waals surface area contributed by atoms with E-state index >= 15 is 0 Å². The molecule has 4 saturated heterocycles. The number of amides is 2. The standard InChI is InChI=1S/C47H60N8O7S/c1-6-54-39-10-9-28-16-31(39)33(43(54)32-17-29(20-48-42(32)27(2)59-5)53-13-12-52-14-15-60-22-30(52)21-53)19-47(3,4)26-62-46(58)36-8-7-11-55(51-36)45(57)37(18-40-49-38(28)25-63-40)50-44(56)41-34-23-61-24-35(34)41/h9-10,16-17,20,25,27,30,34-37,41,51H,6-8,11-15,18-19,21-24,26H2,1-5H3,(H,50,56)/t27-,30-,34-,35+,36-,37-,41+/m0/s1. The molecule has 6 bridgehead atoms. The first-order valence-electron chi connectivity index (χ1n) is 22.8. The number of aryl methyl sites for hydroxylation is 1. The van der Waals surface area contributed by atoms with E-state index in [0.717, 1.165) is 94.8 Å². The van der Waals surface area contributed by atoms with Crippen LogP contribution in [-0.2, 0) is 52.7 Å². The smallest absolute Gasteiger partial charge is 0.324 e. The van der Waals surface area contributed by atoms with Crippen molar-refractivity contribution in [2.24, 2.45) is 23.2 Å². The molecule has 0 unspecified atom stereocenters. The average Bonchev–Trinajstić information content (AvgIpc) is 3.63. The highest BCUT2D eigenvalue weighted by molar-refractivity contribution is 7.10. The van der Waals surface area contributed by atoms with E-state index in [-0.39, 0.29) is 48.7 Å². The number of carbonyl (C=O) groups excluding carboxylic acids is 3. The highest BCUT2D eigenvalue weighted by Crippen LogP contribution is 2.51. The zero-order valence-corrected chi connectivity index (χ0v) is 37.9. The van der Waals surface area contributed by atoms with Gasteiger partial charge in [-0.3, -0.25) is 29.3 Å². The quantitative estimate of drug-likeness (QED) is 0.250. The number of esters is 1. The number of thiazole rings is 1. The molecular weight excluding hydrogens is 821 g/mol. The number of nitrogens with one attached hydrogen (secondary N) is 2. The van der Waals surface area contributed by atoms with Crippen molar-refractivity contribution in [2.75, 3.05) is 77.8 Å². The van der Waals surface area contributed by atoms with Crippen LogP contribution in [-0.4, -0.2) is 133 Å². The summed E-state index contributed by atoms with van der Waals surface area (Å²) in [6.45, 7) is 16.2. The molecule has 3 aromatic heterocycles. The van der Waals surface area contributed by atoms with Crippen LogP contribution in [0.4, 0.5) is 5.69 Å². The second-order valence-electron chi connectivity index (χ2n) is 19.1. The molecule has 10 rings (SSSR count). The number of cyclic esters (lactones) is 1. The molecule has 2 N–H and O–H groups in total. The zero-order valence-electron chi connectivity index (χ0n) is 37.1. The van der Waals surface area contributed by atoms with Crippen molar-refractivity contribution in [3.63, 3.8) is 0 Å². The second-order valence-corrected chi connectivity index (χ2v) is 20.0. The van der Waals surface area contributed by atoms with E-state index in [1.54, 1.807) is 7.11 Å². The van der Waals surface area contributed by atoms with Crippen molar-refractivity contribution in [1.82, 2.24) is 35.2 Å². The fourth-order valence-corrected chi connectivity index (χ4v) is 11.5. The first-order valence-corrected chi connectivity index (χ1v) is 23.7. The fourth-order valence-electron chi connectivity index (χ4n) is 10.7. The number of pyridine rings is 1. The van der Waals surface area contributed by atoms with Crippen LogP contribution in [0.5, 0.6) is 0 Å². The van der Waals surface area contributed by atoms with E-state index in [0.29, 0.717) is 51.6 Å². The summed E-state index contributed by atoms with van der Waals surface area (Å²) in [6.07, 6.45) is 3.71. The van der Waals surface area contributed by atoms with Crippen LogP contribution in [0.1, 0.15) is 62.9 Å². The highest BCUT2D eigenvalue weighted by atomic mass is 32.1. The minimum atomic E-state index is -0.859. The Bertz CT molecular complexity index is 2390. The molecule has 15 nitrogen and oxygen atoms in total. The number of aromatic nitrogens is 3. The van der Waals surface area contributed by atoms with Crippen LogP contribution < -0.4 is 15.6 Å². The van der Waals surface area contributed by atoms with Crippen LogP contribution in [0.15, 0.2) is 35.8 Å². The molecule has 5 fully saturated rings. The SMILES string of the molecule is CCn1c(-c2cc(N3CCN4CCOC[C@@H]4C3)cnc2[C@H](C)OC)c2c3cc(ccc31)-c1csc(n1)C[C@H](NC(=O)[C@H]1[C@@H]3COC[C@@H]31)C(=O)N1CCC[C@H](N1)C(=O)OCC(C)(C)C2. The van der Waals surface area contributed by atoms with Gasteiger partial charge in [0.2, 0.25) is 5.91 Å². The van der Waals surface area contributed by atoms with Gasteiger partial charge in [-0.25, -0.2) is 10.4 Å². The first kappa shape index (κ1) is 42.5. The number of rotatable bonds is 7. The van der Waals surface area contributed by atoms with Crippen LogP contribution in [0.25, 0.3) is 33.4 Å². The maximum Gasteiger partial charge on any atom is 0.324 e. The average molecular weight is 881 g/mol. The van der Waals surface area contributed by atoms with E-state index < -0.39 is 23.5 Å². The molecule has 0 radical (unpaired) electrons. The number of morpholine rings is 1. The summed E-state index contributed by atoms with van der Waals surface area (Å²) >= 11 is 1.49. The third kappa shape index (κ3) is 8.16. The van der Waals surface area contributed by atoms with Gasteiger partial charge in [0, 0.05) is 91.5 Å². The van der Waals surface area contributed by atoms with Gasteiger partial charge in [-0.1, -0.05) is 19.9 Å². The van der Waals surface area contributed by atoms with E-state index in [1.165, 1.54) is 16.3 Å². The Hall–Kier alpha value is -4.45. The van der Waals surface area contributed by atoms with Crippen molar-refractivity contribution in [1.29, 1.82) is 0 Å². The van der Waals surface area contributed by atoms with Crippen LogP contribution in [0.3, 0.4) is 0 Å². The Morgan fingerprint density at radius 3 is 2.75 bits per heavy atom. The topological polar surface area (TPSA) is 153 Å². The molecule has 336 valence electrons. The largest absolute Gasteiger partial charge is 0.464 e. The Labute approximate surface area is 372 Å². The monoisotopic (exact) mass is 880 g/mol. The van der Waals surface area contributed by atoms with E-state index in [1.807, 2.05) is 18.5 Å².